The predicted molar refractivity (Wildman–Crippen MR) is 120 cm³/mol. The highest BCUT2D eigenvalue weighted by atomic mass is 16.2. The van der Waals surface area contributed by atoms with E-state index in [-0.39, 0.29) is 18.0 Å². The van der Waals surface area contributed by atoms with Gasteiger partial charge in [0.1, 0.15) is 0 Å². The van der Waals surface area contributed by atoms with Gasteiger partial charge in [-0.25, -0.2) is 4.79 Å². The molecule has 31 heavy (non-hydrogen) atoms. The zero-order valence-corrected chi connectivity index (χ0v) is 17.6. The number of hydrogen-bond acceptors (Lipinski definition) is 2. The van der Waals surface area contributed by atoms with Crippen molar-refractivity contribution in [2.45, 2.75) is 44.1 Å². The molecule has 1 aliphatic carbocycles. The van der Waals surface area contributed by atoms with Crippen LogP contribution in [0.15, 0.2) is 42.5 Å². The van der Waals surface area contributed by atoms with Crippen molar-refractivity contribution < 1.29 is 9.59 Å². The summed E-state index contributed by atoms with van der Waals surface area (Å²) in [6, 6.07) is 14.4. The molecule has 2 aliphatic heterocycles. The Morgan fingerprint density at radius 1 is 1.23 bits per heavy atom. The van der Waals surface area contributed by atoms with Crippen molar-refractivity contribution in [3.8, 4) is 0 Å². The minimum absolute atomic E-state index is 0.0143. The first kappa shape index (κ1) is 18.5. The highest BCUT2D eigenvalue weighted by molar-refractivity contribution is 6.07. The standard InChI is InChI=1S/C25H26N4O2/c1-15-6-8-20-17(12-15)18-13-16(7-9-21(18)27-20)26-24(31)29-11-10-25(14-29)19-4-2-3-5-22(19)28-23(25)30/h2-6,8,12,16,27H,7,9-11,13-14H2,1H3,(H,26,31)(H,28,30). The number of aryl methyl sites for hydroxylation is 2. The fraction of sp³-hybridized carbons (Fsp3) is 0.360. The summed E-state index contributed by atoms with van der Waals surface area (Å²) < 4.78 is 0. The number of nitrogens with zero attached hydrogens (tertiary/aromatic N) is 1. The second kappa shape index (κ2) is 6.61. The van der Waals surface area contributed by atoms with Gasteiger partial charge in [-0.1, -0.05) is 29.8 Å². The molecule has 6 nitrogen and oxygen atoms in total. The van der Waals surface area contributed by atoms with Gasteiger partial charge in [-0.3, -0.25) is 4.79 Å². The first-order chi connectivity index (χ1) is 15.0. The van der Waals surface area contributed by atoms with Crippen LogP contribution in [0.2, 0.25) is 0 Å². The lowest BCUT2D eigenvalue weighted by Gasteiger charge is -2.27. The minimum atomic E-state index is -0.609. The van der Waals surface area contributed by atoms with Gasteiger partial charge in [0, 0.05) is 41.4 Å². The lowest BCUT2D eigenvalue weighted by Crippen LogP contribution is -2.47. The van der Waals surface area contributed by atoms with E-state index in [9.17, 15) is 9.59 Å². The Balaban J connectivity index is 1.19. The molecule has 3 aromatic rings. The summed E-state index contributed by atoms with van der Waals surface area (Å²) in [5, 5.41) is 7.53. The van der Waals surface area contributed by atoms with Crippen LogP contribution in [0.1, 0.15) is 35.2 Å². The Kier molecular flexibility index (Phi) is 3.94. The van der Waals surface area contributed by atoms with Crippen LogP contribution in [0, 0.1) is 6.92 Å². The molecule has 1 fully saturated rings. The summed E-state index contributed by atoms with van der Waals surface area (Å²) in [5.74, 6) is 0.0143. The van der Waals surface area contributed by atoms with Crippen molar-refractivity contribution in [1.82, 2.24) is 15.2 Å². The van der Waals surface area contributed by atoms with Crippen molar-refractivity contribution >= 4 is 28.5 Å². The van der Waals surface area contributed by atoms with Crippen molar-refractivity contribution in [2.24, 2.45) is 0 Å². The fourth-order valence-electron chi connectivity index (χ4n) is 5.68. The van der Waals surface area contributed by atoms with Crippen molar-refractivity contribution in [3.63, 3.8) is 0 Å². The smallest absolute Gasteiger partial charge is 0.317 e. The highest BCUT2D eigenvalue weighted by Crippen LogP contribution is 2.44. The maximum Gasteiger partial charge on any atom is 0.317 e. The van der Waals surface area contributed by atoms with Gasteiger partial charge < -0.3 is 20.5 Å². The van der Waals surface area contributed by atoms with Gasteiger partial charge in [0.05, 0.1) is 5.41 Å². The number of amides is 3. The third-order valence-corrected chi connectivity index (χ3v) is 7.35. The number of anilines is 1. The third kappa shape index (κ3) is 2.77. The molecule has 1 aromatic heterocycles. The van der Waals surface area contributed by atoms with Gasteiger partial charge in [-0.2, -0.15) is 0 Å². The molecule has 2 atom stereocenters. The van der Waals surface area contributed by atoms with E-state index in [1.165, 1.54) is 27.7 Å². The molecular formula is C25H26N4O2. The van der Waals surface area contributed by atoms with Gasteiger partial charge in [-0.05, 0) is 61.9 Å². The number of H-pyrrole nitrogens is 1. The molecule has 1 spiro atoms. The van der Waals surface area contributed by atoms with Crippen LogP contribution in [0.3, 0.4) is 0 Å². The number of aromatic amines is 1. The van der Waals surface area contributed by atoms with Crippen molar-refractivity contribution in [3.05, 3.63) is 64.8 Å². The largest absolute Gasteiger partial charge is 0.358 e. The summed E-state index contributed by atoms with van der Waals surface area (Å²) in [6.07, 6.45) is 3.37. The van der Waals surface area contributed by atoms with E-state index >= 15 is 0 Å². The Morgan fingerprint density at radius 3 is 3.00 bits per heavy atom. The van der Waals surface area contributed by atoms with E-state index in [4.69, 9.17) is 0 Å². The zero-order chi connectivity index (χ0) is 21.2. The lowest BCUT2D eigenvalue weighted by atomic mass is 9.81. The molecule has 1 saturated heterocycles. The van der Waals surface area contributed by atoms with E-state index in [1.54, 1.807) is 0 Å². The van der Waals surface area contributed by atoms with Crippen molar-refractivity contribution in [2.75, 3.05) is 18.4 Å². The van der Waals surface area contributed by atoms with E-state index in [0.29, 0.717) is 19.5 Å². The van der Waals surface area contributed by atoms with E-state index < -0.39 is 5.41 Å². The normalized spacial score (nSPS) is 24.4. The lowest BCUT2D eigenvalue weighted by molar-refractivity contribution is -0.120. The topological polar surface area (TPSA) is 77.2 Å². The van der Waals surface area contributed by atoms with Gasteiger partial charge in [-0.15, -0.1) is 0 Å². The highest BCUT2D eigenvalue weighted by Gasteiger charge is 2.52. The molecule has 3 heterocycles. The maximum absolute atomic E-state index is 13.1. The first-order valence-electron chi connectivity index (χ1n) is 11.1. The molecule has 0 bridgehead atoms. The first-order valence-corrected chi connectivity index (χ1v) is 11.1. The molecular weight excluding hydrogens is 388 g/mol. The molecule has 6 rings (SSSR count). The summed E-state index contributed by atoms with van der Waals surface area (Å²) in [7, 11) is 0. The molecule has 3 aliphatic rings. The van der Waals surface area contributed by atoms with Crippen LogP contribution in [0.4, 0.5) is 10.5 Å². The van der Waals surface area contributed by atoms with Gasteiger partial charge >= 0.3 is 6.03 Å². The Bertz CT molecular complexity index is 1230. The third-order valence-electron chi connectivity index (χ3n) is 7.35. The molecule has 158 valence electrons. The monoisotopic (exact) mass is 414 g/mol. The average Bonchev–Trinajstić information content (AvgIpc) is 3.44. The number of fused-ring (bicyclic) bond motifs is 5. The molecule has 3 amide bonds. The summed E-state index contributed by atoms with van der Waals surface area (Å²) in [5.41, 5.74) is 6.34. The Morgan fingerprint density at radius 2 is 2.10 bits per heavy atom. The number of para-hydroxylation sites is 1. The number of urea groups is 1. The van der Waals surface area contributed by atoms with E-state index in [1.807, 2.05) is 29.2 Å². The number of likely N-dealkylation sites (tertiary alicyclic amines) is 1. The number of hydrogen-bond donors (Lipinski definition) is 3. The quantitative estimate of drug-likeness (QED) is 0.569. The number of aromatic nitrogens is 1. The second-order valence-corrected chi connectivity index (χ2v) is 9.27. The number of carbonyl (C=O) groups excluding carboxylic acids is 2. The molecule has 3 N–H and O–H groups in total. The zero-order valence-electron chi connectivity index (χ0n) is 17.6. The van der Waals surface area contributed by atoms with Crippen LogP contribution in [-0.2, 0) is 23.1 Å². The fourth-order valence-corrected chi connectivity index (χ4v) is 5.68. The van der Waals surface area contributed by atoms with Gasteiger partial charge in [0.2, 0.25) is 5.91 Å². The van der Waals surface area contributed by atoms with E-state index in [2.05, 4.69) is 40.7 Å². The Labute approximate surface area is 181 Å². The van der Waals surface area contributed by atoms with Crippen LogP contribution < -0.4 is 10.6 Å². The summed E-state index contributed by atoms with van der Waals surface area (Å²) in [4.78, 5) is 31.3. The maximum atomic E-state index is 13.1. The van der Waals surface area contributed by atoms with Crippen LogP contribution in [0.5, 0.6) is 0 Å². The number of nitrogens with one attached hydrogen (secondary N) is 3. The molecule has 6 heteroatoms. The molecule has 0 radical (unpaired) electrons. The SMILES string of the molecule is Cc1ccc2[nH]c3c(c2c1)CC(NC(=O)N1CCC2(C1)C(=O)Nc1ccccc12)CC3. The summed E-state index contributed by atoms with van der Waals surface area (Å²) >= 11 is 0. The van der Waals surface area contributed by atoms with Gasteiger partial charge in [0.15, 0.2) is 0 Å². The second-order valence-electron chi connectivity index (χ2n) is 9.27. The minimum Gasteiger partial charge on any atom is -0.358 e. The van der Waals surface area contributed by atoms with Crippen LogP contribution in [0.25, 0.3) is 10.9 Å². The number of benzene rings is 2. The molecule has 2 unspecified atom stereocenters. The van der Waals surface area contributed by atoms with Crippen molar-refractivity contribution in [1.29, 1.82) is 0 Å². The number of rotatable bonds is 1. The summed E-state index contributed by atoms with van der Waals surface area (Å²) in [6.45, 7) is 3.14. The van der Waals surface area contributed by atoms with E-state index in [0.717, 1.165) is 30.5 Å². The molecule has 0 saturated carbocycles. The predicted octanol–water partition coefficient (Wildman–Crippen LogP) is 3.64. The molecule has 2 aromatic carbocycles. The van der Waals surface area contributed by atoms with Crippen LogP contribution >= 0.6 is 0 Å². The van der Waals surface area contributed by atoms with Gasteiger partial charge in [0.25, 0.3) is 0 Å². The Hall–Kier alpha value is -3.28. The number of carbonyl (C=O) groups is 2. The van der Waals surface area contributed by atoms with Crippen LogP contribution in [-0.4, -0.2) is 41.0 Å². The average molecular weight is 415 g/mol.